The summed E-state index contributed by atoms with van der Waals surface area (Å²) >= 11 is 0. The molecule has 23 heavy (non-hydrogen) atoms. The van der Waals surface area contributed by atoms with Gasteiger partial charge in [-0.1, -0.05) is 6.07 Å². The van der Waals surface area contributed by atoms with Crippen molar-refractivity contribution in [2.45, 2.75) is 6.92 Å². The summed E-state index contributed by atoms with van der Waals surface area (Å²) in [5.41, 5.74) is 2.79. The van der Waals surface area contributed by atoms with Gasteiger partial charge in [-0.05, 0) is 25.1 Å². The fraction of sp³-hybridized carbons (Fsp3) is 0.0667. The van der Waals surface area contributed by atoms with Gasteiger partial charge in [0.25, 0.3) is 11.6 Å². The molecule has 2 aromatic carbocycles. The summed E-state index contributed by atoms with van der Waals surface area (Å²) < 4.78 is 0. The number of nitrogens with one attached hydrogen (secondary N) is 1. The van der Waals surface area contributed by atoms with Crippen LogP contribution in [0.5, 0.6) is 11.5 Å². The van der Waals surface area contributed by atoms with Crippen molar-refractivity contribution in [3.8, 4) is 11.5 Å². The van der Waals surface area contributed by atoms with E-state index in [1.54, 1.807) is 6.92 Å². The number of hydrazone groups is 1. The van der Waals surface area contributed by atoms with Crippen LogP contribution in [0, 0.1) is 10.1 Å². The number of hydrogen-bond donors (Lipinski definition) is 3. The Balaban J connectivity index is 2.17. The molecule has 1 amide bonds. The van der Waals surface area contributed by atoms with E-state index in [1.807, 2.05) is 0 Å². The van der Waals surface area contributed by atoms with Crippen LogP contribution in [0.1, 0.15) is 22.8 Å². The van der Waals surface area contributed by atoms with Crippen molar-refractivity contribution in [3.05, 3.63) is 63.7 Å². The first-order valence-corrected chi connectivity index (χ1v) is 6.50. The molecule has 3 N–H and O–H groups in total. The van der Waals surface area contributed by atoms with Crippen LogP contribution in [0.25, 0.3) is 0 Å². The molecule has 2 aromatic rings. The van der Waals surface area contributed by atoms with Crippen molar-refractivity contribution in [2.24, 2.45) is 5.10 Å². The summed E-state index contributed by atoms with van der Waals surface area (Å²) in [6, 6.07) is 9.20. The van der Waals surface area contributed by atoms with Gasteiger partial charge in [0, 0.05) is 29.3 Å². The summed E-state index contributed by atoms with van der Waals surface area (Å²) in [6.07, 6.45) is 0. The van der Waals surface area contributed by atoms with E-state index in [0.717, 1.165) is 12.1 Å². The molecule has 0 bridgehead atoms. The average molecular weight is 315 g/mol. The van der Waals surface area contributed by atoms with Crippen LogP contribution >= 0.6 is 0 Å². The number of hydrogen-bond acceptors (Lipinski definition) is 6. The molecule has 0 unspecified atom stereocenters. The minimum atomic E-state index is -0.619. The number of benzene rings is 2. The third kappa shape index (κ3) is 3.82. The fourth-order valence-electron chi connectivity index (χ4n) is 1.85. The summed E-state index contributed by atoms with van der Waals surface area (Å²) in [5.74, 6) is -0.901. The summed E-state index contributed by atoms with van der Waals surface area (Å²) in [7, 11) is 0. The first kappa shape index (κ1) is 16.0. The van der Waals surface area contributed by atoms with Crippen LogP contribution in [-0.2, 0) is 0 Å². The molecule has 0 aromatic heterocycles. The predicted molar refractivity (Wildman–Crippen MR) is 82.5 cm³/mol. The molecule has 0 aliphatic heterocycles. The second-order valence-corrected chi connectivity index (χ2v) is 4.65. The van der Waals surface area contributed by atoms with Crippen LogP contribution in [0.3, 0.4) is 0 Å². The van der Waals surface area contributed by atoms with E-state index in [4.69, 9.17) is 0 Å². The number of nitro groups is 1. The molecule has 8 heteroatoms. The lowest BCUT2D eigenvalue weighted by Gasteiger charge is -2.05. The van der Waals surface area contributed by atoms with Gasteiger partial charge in [0.15, 0.2) is 0 Å². The molecule has 2 rings (SSSR count). The number of phenolic OH excluding ortho intramolecular Hbond substituents is 2. The topological polar surface area (TPSA) is 125 Å². The highest BCUT2D eigenvalue weighted by Crippen LogP contribution is 2.23. The first-order chi connectivity index (χ1) is 10.9. The van der Waals surface area contributed by atoms with Gasteiger partial charge in [0.1, 0.15) is 11.5 Å². The van der Waals surface area contributed by atoms with Crippen LogP contribution in [0.4, 0.5) is 5.69 Å². The smallest absolute Gasteiger partial charge is 0.271 e. The van der Waals surface area contributed by atoms with Crippen LogP contribution < -0.4 is 5.43 Å². The lowest BCUT2D eigenvalue weighted by molar-refractivity contribution is -0.384. The second-order valence-electron chi connectivity index (χ2n) is 4.65. The van der Waals surface area contributed by atoms with Gasteiger partial charge in [0.05, 0.1) is 10.6 Å². The molecule has 118 valence electrons. The van der Waals surface area contributed by atoms with E-state index in [9.17, 15) is 25.1 Å². The van der Waals surface area contributed by atoms with Gasteiger partial charge in [0.2, 0.25) is 0 Å². The molecule has 0 saturated heterocycles. The molecular weight excluding hydrogens is 302 g/mol. The lowest BCUT2D eigenvalue weighted by Crippen LogP contribution is -2.19. The fourth-order valence-corrected chi connectivity index (χ4v) is 1.85. The average Bonchev–Trinajstić information content (AvgIpc) is 2.52. The largest absolute Gasteiger partial charge is 0.508 e. The van der Waals surface area contributed by atoms with Crippen molar-refractivity contribution in [3.63, 3.8) is 0 Å². The molecule has 0 saturated carbocycles. The molecule has 0 atom stereocenters. The quantitative estimate of drug-likeness (QED) is 0.453. The van der Waals surface area contributed by atoms with Crippen molar-refractivity contribution < 1.29 is 19.9 Å². The zero-order chi connectivity index (χ0) is 17.0. The highest BCUT2D eigenvalue weighted by molar-refractivity contribution is 6.02. The number of rotatable bonds is 4. The van der Waals surface area contributed by atoms with Crippen molar-refractivity contribution in [2.75, 3.05) is 0 Å². The third-order valence-corrected chi connectivity index (χ3v) is 3.02. The van der Waals surface area contributed by atoms with Gasteiger partial charge in [-0.3, -0.25) is 14.9 Å². The summed E-state index contributed by atoms with van der Waals surface area (Å²) in [6.45, 7) is 1.56. The number of non-ortho nitro benzene ring substituents is 1. The highest BCUT2D eigenvalue weighted by atomic mass is 16.6. The third-order valence-electron chi connectivity index (χ3n) is 3.02. The summed E-state index contributed by atoms with van der Waals surface area (Å²) in [5, 5.41) is 33.5. The van der Waals surface area contributed by atoms with E-state index < -0.39 is 10.8 Å². The van der Waals surface area contributed by atoms with Crippen LogP contribution in [0.15, 0.2) is 47.6 Å². The normalized spacial score (nSPS) is 11.1. The Bertz CT molecular complexity index is 801. The minimum absolute atomic E-state index is 0.0886. The number of aromatic hydroxyl groups is 2. The number of amides is 1. The number of nitrogens with zero attached hydrogens (tertiary/aromatic N) is 2. The molecule has 0 spiro atoms. The SMILES string of the molecule is C/C(=N/NC(=O)c1cccc([N+](=O)[O-])c1)c1ccc(O)cc1O. The molecule has 8 nitrogen and oxygen atoms in total. The van der Waals surface area contributed by atoms with Crippen LogP contribution in [-0.4, -0.2) is 26.8 Å². The monoisotopic (exact) mass is 315 g/mol. The van der Waals surface area contributed by atoms with Gasteiger partial charge in [-0.2, -0.15) is 5.10 Å². The Labute approximate surface area is 130 Å². The Morgan fingerprint density at radius 1 is 1.22 bits per heavy atom. The first-order valence-electron chi connectivity index (χ1n) is 6.50. The maximum Gasteiger partial charge on any atom is 0.271 e. The number of carbonyl (C=O) groups is 1. The minimum Gasteiger partial charge on any atom is -0.508 e. The van der Waals surface area contributed by atoms with E-state index in [-0.39, 0.29) is 22.7 Å². The molecule has 0 fully saturated rings. The van der Waals surface area contributed by atoms with E-state index in [0.29, 0.717) is 11.3 Å². The molecule has 0 radical (unpaired) electrons. The highest BCUT2D eigenvalue weighted by Gasteiger charge is 2.11. The van der Waals surface area contributed by atoms with E-state index in [1.165, 1.54) is 30.3 Å². The number of carbonyl (C=O) groups excluding carboxylic acids is 1. The maximum atomic E-state index is 12.0. The van der Waals surface area contributed by atoms with Gasteiger partial charge < -0.3 is 10.2 Å². The van der Waals surface area contributed by atoms with Crippen LogP contribution in [0.2, 0.25) is 0 Å². The number of nitro benzene ring substituents is 1. The zero-order valence-electron chi connectivity index (χ0n) is 12.1. The molecule has 0 aliphatic rings. The maximum absolute atomic E-state index is 12.0. The Morgan fingerprint density at radius 2 is 1.96 bits per heavy atom. The molecule has 0 aliphatic carbocycles. The van der Waals surface area contributed by atoms with Gasteiger partial charge in [-0.25, -0.2) is 5.43 Å². The van der Waals surface area contributed by atoms with E-state index >= 15 is 0 Å². The van der Waals surface area contributed by atoms with Gasteiger partial charge >= 0.3 is 0 Å². The van der Waals surface area contributed by atoms with Gasteiger partial charge in [-0.15, -0.1) is 0 Å². The predicted octanol–water partition coefficient (Wildman–Crippen LogP) is 2.16. The zero-order valence-corrected chi connectivity index (χ0v) is 12.1. The lowest BCUT2D eigenvalue weighted by atomic mass is 10.1. The Hall–Kier alpha value is -3.42. The van der Waals surface area contributed by atoms with E-state index in [2.05, 4.69) is 10.5 Å². The van der Waals surface area contributed by atoms with Crippen molar-refractivity contribution in [1.29, 1.82) is 0 Å². The Morgan fingerprint density at radius 3 is 2.61 bits per heavy atom. The Kier molecular flexibility index (Phi) is 4.55. The number of phenols is 2. The second kappa shape index (κ2) is 6.56. The van der Waals surface area contributed by atoms with Crippen molar-refractivity contribution in [1.82, 2.24) is 5.43 Å². The summed E-state index contributed by atoms with van der Waals surface area (Å²) in [4.78, 5) is 22.0. The molecular formula is C15H13N3O5. The molecule has 0 heterocycles. The standard InChI is InChI=1S/C15H13N3O5/c1-9(13-6-5-12(19)8-14(13)20)16-17-15(21)10-3-2-4-11(7-10)18(22)23/h2-8,19-20H,1H3,(H,17,21)/b16-9-. The van der Waals surface area contributed by atoms with Crippen molar-refractivity contribution >= 4 is 17.3 Å².